The van der Waals surface area contributed by atoms with Crippen LogP contribution < -0.4 is 32.7 Å². The predicted octanol–water partition coefficient (Wildman–Crippen LogP) is -0.411. The maximum atomic E-state index is 12.8. The standard InChI is InChI=1S/C18H38N8O2/c1-11(2)15(27)13(7-5-9-23-17(19)20)26-16(28)14(25-12(3)4)8-6-10-24-18(21)22/h11-14,25H,5-10H2,1-4H3,(H,26,28)(H4,19,20,23)(H4,21,22,24)/t13-,14-/m0/s1. The van der Waals surface area contributed by atoms with Gasteiger partial charge in [0.15, 0.2) is 17.7 Å². The lowest BCUT2D eigenvalue weighted by molar-refractivity contribution is -0.130. The van der Waals surface area contributed by atoms with Gasteiger partial charge >= 0.3 is 0 Å². The lowest BCUT2D eigenvalue weighted by atomic mass is 9.97. The summed E-state index contributed by atoms with van der Waals surface area (Å²) in [6, 6.07) is -0.907. The zero-order valence-electron chi connectivity index (χ0n) is 17.5. The first-order valence-electron chi connectivity index (χ1n) is 9.80. The molecule has 0 heterocycles. The number of ketones is 1. The molecule has 10 N–H and O–H groups in total. The van der Waals surface area contributed by atoms with Crippen LogP contribution in [0, 0.1) is 16.7 Å². The van der Waals surface area contributed by atoms with Gasteiger partial charge in [-0.2, -0.15) is 0 Å². The highest BCUT2D eigenvalue weighted by atomic mass is 16.2. The summed E-state index contributed by atoms with van der Waals surface area (Å²) in [6.45, 7) is 8.51. The number of carbonyl (C=O) groups excluding carboxylic acids is 2. The Labute approximate surface area is 168 Å². The highest BCUT2D eigenvalue weighted by Crippen LogP contribution is 2.08. The minimum atomic E-state index is -0.576. The highest BCUT2D eigenvalue weighted by Gasteiger charge is 2.26. The van der Waals surface area contributed by atoms with Crippen LogP contribution in [0.3, 0.4) is 0 Å². The summed E-state index contributed by atoms with van der Waals surface area (Å²) in [4.78, 5) is 25.3. The van der Waals surface area contributed by atoms with Gasteiger partial charge in [0.1, 0.15) is 0 Å². The van der Waals surface area contributed by atoms with Crippen LogP contribution in [-0.2, 0) is 9.59 Å². The van der Waals surface area contributed by atoms with E-state index in [1.807, 2.05) is 27.7 Å². The van der Waals surface area contributed by atoms with E-state index < -0.39 is 12.1 Å². The number of Topliss-reactive ketones (excluding diaryl/α,β-unsaturated/α-hetero) is 1. The molecule has 0 radical (unpaired) electrons. The van der Waals surface area contributed by atoms with Gasteiger partial charge in [0, 0.05) is 25.0 Å². The SMILES string of the molecule is CC(C)N[C@@H](CCCNC(=N)N)C(=O)N[C@@H](CCCNC(=N)N)C(=O)C(C)C. The largest absolute Gasteiger partial charge is 0.370 e. The Hall–Kier alpha value is -2.36. The summed E-state index contributed by atoms with van der Waals surface area (Å²) >= 11 is 0. The average Bonchev–Trinajstić information content (AvgIpc) is 2.58. The van der Waals surface area contributed by atoms with Crippen molar-refractivity contribution in [3.8, 4) is 0 Å². The Bertz CT molecular complexity index is 522. The average molecular weight is 399 g/mol. The molecule has 0 unspecified atom stereocenters. The van der Waals surface area contributed by atoms with E-state index in [9.17, 15) is 9.59 Å². The van der Waals surface area contributed by atoms with Crippen molar-refractivity contribution < 1.29 is 9.59 Å². The third kappa shape index (κ3) is 12.1. The Balaban J connectivity index is 4.87. The zero-order valence-corrected chi connectivity index (χ0v) is 17.5. The molecule has 0 fully saturated rings. The fourth-order valence-electron chi connectivity index (χ4n) is 2.71. The van der Waals surface area contributed by atoms with Crippen molar-refractivity contribution in [1.82, 2.24) is 21.3 Å². The maximum absolute atomic E-state index is 12.8. The lowest BCUT2D eigenvalue weighted by Crippen LogP contribution is -2.52. The van der Waals surface area contributed by atoms with Gasteiger partial charge in [0.25, 0.3) is 0 Å². The van der Waals surface area contributed by atoms with E-state index in [-0.39, 0.29) is 35.6 Å². The van der Waals surface area contributed by atoms with Crippen LogP contribution in [0.25, 0.3) is 0 Å². The van der Waals surface area contributed by atoms with Gasteiger partial charge in [-0.3, -0.25) is 20.4 Å². The van der Waals surface area contributed by atoms with Crippen LogP contribution >= 0.6 is 0 Å². The van der Waals surface area contributed by atoms with Gasteiger partial charge in [-0.05, 0) is 25.7 Å². The quantitative estimate of drug-likeness (QED) is 0.111. The minimum Gasteiger partial charge on any atom is -0.370 e. The van der Waals surface area contributed by atoms with Crippen LogP contribution in [0.15, 0.2) is 0 Å². The molecule has 0 spiro atoms. The fraction of sp³-hybridized carbons (Fsp3) is 0.778. The molecule has 1 amide bonds. The first-order valence-corrected chi connectivity index (χ1v) is 9.80. The van der Waals surface area contributed by atoms with Gasteiger partial charge in [-0.15, -0.1) is 0 Å². The van der Waals surface area contributed by atoms with E-state index in [0.717, 1.165) is 0 Å². The highest BCUT2D eigenvalue weighted by molar-refractivity contribution is 5.91. The van der Waals surface area contributed by atoms with Crippen molar-refractivity contribution in [3.63, 3.8) is 0 Å². The Morgan fingerprint density at radius 2 is 1.32 bits per heavy atom. The van der Waals surface area contributed by atoms with Crippen molar-refractivity contribution in [2.75, 3.05) is 13.1 Å². The van der Waals surface area contributed by atoms with E-state index in [2.05, 4.69) is 21.3 Å². The smallest absolute Gasteiger partial charge is 0.237 e. The number of nitrogens with two attached hydrogens (primary N) is 2. The Kier molecular flexibility index (Phi) is 12.6. The van der Waals surface area contributed by atoms with Crippen LogP contribution in [0.5, 0.6) is 0 Å². The molecule has 0 aliphatic heterocycles. The van der Waals surface area contributed by atoms with Gasteiger partial charge in [-0.25, -0.2) is 0 Å². The topological polar surface area (TPSA) is 182 Å². The summed E-state index contributed by atoms with van der Waals surface area (Å²) in [6.07, 6.45) is 2.29. The Morgan fingerprint density at radius 1 is 0.857 bits per heavy atom. The number of rotatable bonds is 14. The summed E-state index contributed by atoms with van der Waals surface area (Å²) in [5, 5.41) is 25.9. The monoisotopic (exact) mass is 398 g/mol. The molecule has 0 saturated heterocycles. The number of guanidine groups is 2. The van der Waals surface area contributed by atoms with Gasteiger partial charge in [0.2, 0.25) is 5.91 Å². The first kappa shape index (κ1) is 25.6. The molecule has 10 nitrogen and oxygen atoms in total. The lowest BCUT2D eigenvalue weighted by Gasteiger charge is -2.25. The fourth-order valence-corrected chi connectivity index (χ4v) is 2.71. The molecular weight excluding hydrogens is 360 g/mol. The molecule has 0 aromatic carbocycles. The molecule has 0 bridgehead atoms. The van der Waals surface area contributed by atoms with Gasteiger partial charge < -0.3 is 32.7 Å². The normalized spacial score (nSPS) is 13.1. The second-order valence-corrected chi connectivity index (χ2v) is 7.46. The van der Waals surface area contributed by atoms with E-state index in [1.165, 1.54) is 0 Å². The first-order chi connectivity index (χ1) is 13.0. The number of carbonyl (C=O) groups is 2. The van der Waals surface area contributed by atoms with E-state index in [4.69, 9.17) is 22.3 Å². The Morgan fingerprint density at radius 3 is 1.71 bits per heavy atom. The molecule has 162 valence electrons. The van der Waals surface area contributed by atoms with Crippen molar-refractivity contribution in [2.45, 2.75) is 71.5 Å². The van der Waals surface area contributed by atoms with Crippen LogP contribution in [-0.4, -0.2) is 54.8 Å². The molecule has 10 heteroatoms. The van der Waals surface area contributed by atoms with Crippen molar-refractivity contribution >= 4 is 23.6 Å². The summed E-state index contributed by atoms with van der Waals surface area (Å²) in [5.74, 6) is -0.633. The zero-order chi connectivity index (χ0) is 21.7. The van der Waals surface area contributed by atoms with Gasteiger partial charge in [-0.1, -0.05) is 27.7 Å². The van der Waals surface area contributed by atoms with Crippen molar-refractivity contribution in [2.24, 2.45) is 17.4 Å². The maximum Gasteiger partial charge on any atom is 0.237 e. The summed E-state index contributed by atoms with van der Waals surface area (Å²) < 4.78 is 0. The van der Waals surface area contributed by atoms with E-state index in [0.29, 0.717) is 38.8 Å². The molecule has 0 saturated carbocycles. The van der Waals surface area contributed by atoms with Crippen molar-refractivity contribution in [3.05, 3.63) is 0 Å². The van der Waals surface area contributed by atoms with Crippen LogP contribution in [0.4, 0.5) is 0 Å². The van der Waals surface area contributed by atoms with Gasteiger partial charge in [0.05, 0.1) is 12.1 Å². The van der Waals surface area contributed by atoms with E-state index >= 15 is 0 Å². The second-order valence-electron chi connectivity index (χ2n) is 7.46. The molecule has 0 aliphatic carbocycles. The number of hydrogen-bond acceptors (Lipinski definition) is 5. The molecule has 28 heavy (non-hydrogen) atoms. The van der Waals surface area contributed by atoms with Crippen molar-refractivity contribution in [1.29, 1.82) is 10.8 Å². The number of nitrogens with one attached hydrogen (secondary N) is 6. The predicted molar refractivity (Wildman–Crippen MR) is 112 cm³/mol. The molecule has 0 aliphatic rings. The summed E-state index contributed by atoms with van der Waals surface area (Å²) in [5.41, 5.74) is 10.5. The van der Waals surface area contributed by atoms with Crippen LogP contribution in [0.1, 0.15) is 53.4 Å². The molecule has 0 aromatic rings. The van der Waals surface area contributed by atoms with Crippen LogP contribution in [0.2, 0.25) is 0 Å². The molecule has 0 aromatic heterocycles. The number of hydrogen-bond donors (Lipinski definition) is 8. The molecule has 0 rings (SSSR count). The second kappa shape index (κ2) is 13.8. The number of amides is 1. The summed E-state index contributed by atoms with van der Waals surface area (Å²) in [7, 11) is 0. The minimum absolute atomic E-state index is 0.0160. The third-order valence-electron chi connectivity index (χ3n) is 4.05. The van der Waals surface area contributed by atoms with E-state index in [1.54, 1.807) is 0 Å². The molecular formula is C18H38N8O2. The molecule has 2 atom stereocenters. The third-order valence-corrected chi connectivity index (χ3v) is 4.05.